The lowest BCUT2D eigenvalue weighted by Crippen LogP contribution is -2.30. The second-order valence-electron chi connectivity index (χ2n) is 10.5. The van der Waals surface area contributed by atoms with Crippen LogP contribution in [0.5, 0.6) is 5.75 Å². The molecule has 0 saturated heterocycles. The Hall–Kier alpha value is -5.91. The highest BCUT2D eigenvalue weighted by molar-refractivity contribution is 8.00. The van der Waals surface area contributed by atoms with Crippen molar-refractivity contribution in [2.24, 2.45) is 0 Å². The van der Waals surface area contributed by atoms with Gasteiger partial charge in [-0.05, 0) is 77.9 Å². The van der Waals surface area contributed by atoms with E-state index in [1.165, 1.54) is 49.2 Å². The average Bonchev–Trinajstić information content (AvgIpc) is 3.11. The summed E-state index contributed by atoms with van der Waals surface area (Å²) in [5.74, 6) is -1.00. The van der Waals surface area contributed by atoms with E-state index in [9.17, 15) is 24.5 Å². The number of nitrogens with zero attached hydrogens (tertiary/aromatic N) is 1. The molecule has 1 unspecified atom stereocenters. The molecule has 0 fully saturated rings. The number of carbonyl (C=O) groups is 3. The number of non-ortho nitro benzene ring substituents is 1. The first-order valence-corrected chi connectivity index (χ1v) is 16.1. The van der Waals surface area contributed by atoms with Gasteiger partial charge in [-0.3, -0.25) is 24.5 Å². The summed E-state index contributed by atoms with van der Waals surface area (Å²) in [5.41, 5.74) is 2.18. The van der Waals surface area contributed by atoms with Crippen molar-refractivity contribution in [3.05, 3.63) is 165 Å². The Morgan fingerprint density at radius 2 is 1.53 bits per heavy atom. The van der Waals surface area contributed by atoms with Crippen LogP contribution in [0.25, 0.3) is 6.08 Å². The summed E-state index contributed by atoms with van der Waals surface area (Å²) in [6, 6.07) is 35.1. The molecule has 5 rings (SSSR count). The van der Waals surface area contributed by atoms with Gasteiger partial charge in [0.1, 0.15) is 16.7 Å². The van der Waals surface area contributed by atoms with Crippen LogP contribution in [0.15, 0.2) is 138 Å². The molecule has 3 amide bonds. The first-order valence-electron chi connectivity index (χ1n) is 14.8. The minimum absolute atomic E-state index is 0.0854. The molecule has 0 heterocycles. The van der Waals surface area contributed by atoms with E-state index >= 15 is 0 Å². The Morgan fingerprint density at radius 1 is 0.837 bits per heavy atom. The van der Waals surface area contributed by atoms with Gasteiger partial charge in [-0.1, -0.05) is 66.2 Å². The molecule has 10 nitrogen and oxygen atoms in total. The van der Waals surface area contributed by atoms with E-state index in [2.05, 4.69) is 16.0 Å². The number of carbonyl (C=O) groups excluding carboxylic acids is 3. The van der Waals surface area contributed by atoms with Crippen molar-refractivity contribution < 1.29 is 24.0 Å². The van der Waals surface area contributed by atoms with Gasteiger partial charge in [0.15, 0.2) is 0 Å². The third-order valence-electron chi connectivity index (χ3n) is 7.05. The molecule has 3 N–H and O–H groups in total. The van der Waals surface area contributed by atoms with Crippen molar-refractivity contribution in [1.82, 2.24) is 5.32 Å². The number of nitrogens with one attached hydrogen (secondary N) is 3. The molecule has 0 bridgehead atoms. The maximum Gasteiger partial charge on any atom is 0.272 e. The third-order valence-corrected chi connectivity index (χ3v) is 8.53. The van der Waals surface area contributed by atoms with Crippen molar-refractivity contribution in [3.8, 4) is 5.75 Å². The molecule has 5 aromatic carbocycles. The van der Waals surface area contributed by atoms with Crippen molar-refractivity contribution in [2.75, 3.05) is 17.7 Å². The number of thioether (sulfide) groups is 1. The number of methoxy groups -OCH3 is 1. The van der Waals surface area contributed by atoms with Gasteiger partial charge in [0.2, 0.25) is 5.91 Å². The van der Waals surface area contributed by atoms with Gasteiger partial charge in [0, 0.05) is 33.3 Å². The smallest absolute Gasteiger partial charge is 0.272 e. The van der Waals surface area contributed by atoms with Crippen molar-refractivity contribution in [3.63, 3.8) is 0 Å². The number of nitro benzene ring substituents is 1. The van der Waals surface area contributed by atoms with Crippen LogP contribution in [-0.2, 0) is 9.59 Å². The molecule has 0 aliphatic heterocycles. The van der Waals surface area contributed by atoms with E-state index in [0.29, 0.717) is 38.2 Å². The zero-order valence-corrected chi connectivity index (χ0v) is 27.5. The van der Waals surface area contributed by atoms with E-state index in [4.69, 9.17) is 16.3 Å². The van der Waals surface area contributed by atoms with Crippen LogP contribution in [0, 0.1) is 10.1 Å². The first kappa shape index (κ1) is 34.4. The number of halogens is 1. The summed E-state index contributed by atoms with van der Waals surface area (Å²) >= 11 is 7.46. The van der Waals surface area contributed by atoms with Crippen molar-refractivity contribution in [2.45, 2.75) is 10.1 Å². The van der Waals surface area contributed by atoms with Gasteiger partial charge < -0.3 is 20.7 Å². The molecule has 246 valence electrons. The average molecular weight is 693 g/mol. The molecule has 0 aliphatic carbocycles. The zero-order chi connectivity index (χ0) is 34.8. The highest BCUT2D eigenvalue weighted by atomic mass is 35.5. The van der Waals surface area contributed by atoms with E-state index in [1.807, 2.05) is 36.4 Å². The van der Waals surface area contributed by atoms with E-state index in [0.717, 1.165) is 5.56 Å². The van der Waals surface area contributed by atoms with Crippen LogP contribution < -0.4 is 20.7 Å². The minimum Gasteiger partial charge on any atom is -0.495 e. The molecular weight excluding hydrogens is 664 g/mol. The maximum absolute atomic E-state index is 13.7. The normalized spacial score (nSPS) is 11.6. The standard InChI is InChI=1S/C37H29ClN4O6S/c1-48-33-20-17-27(38)22-31(33)40-37(45)34(25-9-4-2-5-10-25)49-30-14-8-13-28(23-30)39-36(44)32(41-35(43)26-11-6-3-7-12-26)21-24-15-18-29(19-16-24)42(46)47/h2-23,34H,1H3,(H,39,44)(H,40,45)(H,41,43)/b32-21+. The lowest BCUT2D eigenvalue weighted by Gasteiger charge is -2.19. The largest absolute Gasteiger partial charge is 0.495 e. The van der Waals surface area contributed by atoms with Gasteiger partial charge in [-0.25, -0.2) is 0 Å². The third kappa shape index (κ3) is 9.34. The quantitative estimate of drug-likeness (QED) is 0.0519. The topological polar surface area (TPSA) is 140 Å². The lowest BCUT2D eigenvalue weighted by atomic mass is 10.1. The Bertz CT molecular complexity index is 2010. The monoisotopic (exact) mass is 692 g/mol. The number of amides is 3. The Balaban J connectivity index is 1.39. The first-order chi connectivity index (χ1) is 23.7. The fraction of sp³-hybridized carbons (Fsp3) is 0.0541. The zero-order valence-electron chi connectivity index (χ0n) is 26.0. The number of hydrogen-bond acceptors (Lipinski definition) is 7. The summed E-state index contributed by atoms with van der Waals surface area (Å²) in [6.07, 6.45) is 1.43. The van der Waals surface area contributed by atoms with Crippen LogP contribution in [-0.4, -0.2) is 29.8 Å². The Kier molecular flexibility index (Phi) is 11.4. The molecule has 1 atom stereocenters. The minimum atomic E-state index is -0.696. The van der Waals surface area contributed by atoms with Crippen LogP contribution in [0.2, 0.25) is 5.02 Å². The van der Waals surface area contributed by atoms with Crippen LogP contribution in [0.4, 0.5) is 17.1 Å². The molecule has 49 heavy (non-hydrogen) atoms. The van der Waals surface area contributed by atoms with Crippen molar-refractivity contribution in [1.29, 1.82) is 0 Å². The predicted octanol–water partition coefficient (Wildman–Crippen LogP) is 8.14. The SMILES string of the molecule is COc1ccc(Cl)cc1NC(=O)C(Sc1cccc(NC(=O)/C(=C\c2ccc([N+](=O)[O-])cc2)NC(=O)c2ccccc2)c1)c1ccccc1. The van der Waals surface area contributed by atoms with Gasteiger partial charge in [-0.15, -0.1) is 11.8 Å². The second kappa shape index (κ2) is 16.3. The van der Waals surface area contributed by atoms with Crippen LogP contribution >= 0.6 is 23.4 Å². The number of anilines is 2. The van der Waals surface area contributed by atoms with Crippen LogP contribution in [0.1, 0.15) is 26.7 Å². The number of benzene rings is 5. The van der Waals surface area contributed by atoms with Crippen LogP contribution in [0.3, 0.4) is 0 Å². The van der Waals surface area contributed by atoms with E-state index < -0.39 is 22.0 Å². The number of hydrogen-bond donors (Lipinski definition) is 3. The summed E-state index contributed by atoms with van der Waals surface area (Å²) in [5, 5.41) is 19.3. The van der Waals surface area contributed by atoms with E-state index in [1.54, 1.807) is 66.7 Å². The van der Waals surface area contributed by atoms with Gasteiger partial charge >= 0.3 is 0 Å². The lowest BCUT2D eigenvalue weighted by molar-refractivity contribution is -0.384. The van der Waals surface area contributed by atoms with E-state index in [-0.39, 0.29) is 17.3 Å². The molecule has 12 heteroatoms. The van der Waals surface area contributed by atoms with Gasteiger partial charge in [0.25, 0.3) is 17.5 Å². The molecule has 0 aromatic heterocycles. The maximum atomic E-state index is 13.7. The second-order valence-corrected chi connectivity index (χ2v) is 12.1. The number of ether oxygens (including phenoxy) is 1. The summed E-state index contributed by atoms with van der Waals surface area (Å²) in [6.45, 7) is 0. The summed E-state index contributed by atoms with van der Waals surface area (Å²) in [7, 11) is 1.50. The fourth-order valence-electron chi connectivity index (χ4n) is 4.66. The molecular formula is C37H29ClN4O6S. The van der Waals surface area contributed by atoms with Crippen molar-refractivity contribution >= 4 is 64.2 Å². The van der Waals surface area contributed by atoms with Gasteiger partial charge in [0.05, 0.1) is 17.7 Å². The van der Waals surface area contributed by atoms with Gasteiger partial charge in [-0.2, -0.15) is 0 Å². The highest BCUT2D eigenvalue weighted by Crippen LogP contribution is 2.38. The summed E-state index contributed by atoms with van der Waals surface area (Å²) in [4.78, 5) is 51.6. The molecule has 0 aliphatic rings. The molecule has 5 aromatic rings. The fourth-order valence-corrected chi connectivity index (χ4v) is 5.92. The number of rotatable bonds is 12. The summed E-state index contributed by atoms with van der Waals surface area (Å²) < 4.78 is 5.40. The Morgan fingerprint density at radius 3 is 2.20 bits per heavy atom. The number of nitro groups is 1. The highest BCUT2D eigenvalue weighted by Gasteiger charge is 2.24. The molecule has 0 spiro atoms. The molecule has 0 radical (unpaired) electrons. The predicted molar refractivity (Wildman–Crippen MR) is 192 cm³/mol. The molecule has 0 saturated carbocycles. The Labute approximate surface area is 291 Å².